The lowest BCUT2D eigenvalue weighted by atomic mass is 10.1. The first-order chi connectivity index (χ1) is 5.35. The molecule has 0 aromatic carbocycles. The number of hydroxylamine groups is 2. The van der Waals surface area contributed by atoms with Gasteiger partial charge in [-0.15, -0.1) is 0 Å². The number of unbranched alkanes of at least 4 members (excludes halogenated alkanes) is 1. The van der Waals surface area contributed by atoms with Crippen LogP contribution in [0.25, 0.3) is 0 Å². The van der Waals surface area contributed by atoms with E-state index in [-0.39, 0.29) is 6.04 Å². The molecule has 4 nitrogen and oxygen atoms in total. The highest BCUT2D eigenvalue weighted by molar-refractivity contribution is 4.58. The summed E-state index contributed by atoms with van der Waals surface area (Å²) in [5.41, 5.74) is 4.34. The molecular formula is C7H18N2O2. The fraction of sp³-hybridized carbons (Fsp3) is 1.00. The summed E-state index contributed by atoms with van der Waals surface area (Å²) < 4.78 is 0. The Labute approximate surface area is 67.5 Å². The highest BCUT2D eigenvalue weighted by Gasteiger charge is 2.01. The third-order valence-corrected chi connectivity index (χ3v) is 1.77. The Morgan fingerprint density at radius 2 is 2.00 bits per heavy atom. The van der Waals surface area contributed by atoms with E-state index in [9.17, 15) is 0 Å². The summed E-state index contributed by atoms with van der Waals surface area (Å²) in [7, 11) is 0. The highest BCUT2D eigenvalue weighted by Crippen LogP contribution is 2.02. The topological polar surface area (TPSA) is 64.5 Å². The van der Waals surface area contributed by atoms with Crippen molar-refractivity contribution in [3.63, 3.8) is 0 Å². The van der Waals surface area contributed by atoms with Crippen molar-refractivity contribution in [2.24, 2.45) is 0 Å². The maximum absolute atomic E-state index is 8.57. The fourth-order valence-corrected chi connectivity index (χ4v) is 0.955. The van der Waals surface area contributed by atoms with Crippen LogP contribution in [0, 0.1) is 0 Å². The zero-order valence-corrected chi connectivity index (χ0v) is 7.01. The van der Waals surface area contributed by atoms with E-state index in [1.54, 1.807) is 0 Å². The molecule has 11 heavy (non-hydrogen) atoms. The lowest BCUT2D eigenvalue weighted by Crippen LogP contribution is -2.24. The fourth-order valence-electron chi connectivity index (χ4n) is 0.955. The molecule has 0 amide bonds. The molecule has 0 heterocycles. The van der Waals surface area contributed by atoms with Crippen LogP contribution in [0.4, 0.5) is 0 Å². The molecule has 0 spiro atoms. The van der Waals surface area contributed by atoms with Gasteiger partial charge in [-0.2, -0.15) is 0 Å². The first-order valence-corrected chi connectivity index (χ1v) is 4.11. The molecule has 1 atom stereocenters. The largest absolute Gasteiger partial charge is 0.317 e. The smallest absolute Gasteiger partial charge is 0.0317 e. The van der Waals surface area contributed by atoms with Crippen molar-refractivity contribution in [2.45, 2.75) is 38.6 Å². The Morgan fingerprint density at radius 3 is 2.45 bits per heavy atom. The molecule has 0 rings (SSSR count). The predicted molar refractivity (Wildman–Crippen MR) is 42.6 cm³/mol. The molecule has 0 saturated heterocycles. The maximum Gasteiger partial charge on any atom is 0.0317 e. The number of hydrogen-bond donors (Lipinski definition) is 4. The van der Waals surface area contributed by atoms with Crippen molar-refractivity contribution >= 4 is 0 Å². The summed E-state index contributed by atoms with van der Waals surface area (Å²) >= 11 is 0. The lowest BCUT2D eigenvalue weighted by molar-refractivity contribution is 0.116. The molecule has 0 saturated carbocycles. The molecule has 0 aliphatic heterocycles. The van der Waals surface area contributed by atoms with Gasteiger partial charge < -0.3 is 10.4 Å². The zero-order valence-electron chi connectivity index (χ0n) is 7.01. The molecule has 0 aliphatic rings. The van der Waals surface area contributed by atoms with E-state index >= 15 is 0 Å². The monoisotopic (exact) mass is 162 g/mol. The lowest BCUT2D eigenvalue weighted by Gasteiger charge is -2.11. The van der Waals surface area contributed by atoms with Crippen LogP contribution in [-0.2, 0) is 0 Å². The van der Waals surface area contributed by atoms with Gasteiger partial charge in [0.1, 0.15) is 0 Å². The maximum atomic E-state index is 8.57. The number of hydrogen-bond acceptors (Lipinski definition) is 4. The first-order valence-electron chi connectivity index (χ1n) is 4.11. The molecule has 0 bridgehead atoms. The SMILES string of the molecule is CCC(CCCCNO)NO. The Hall–Kier alpha value is -0.160. The van der Waals surface area contributed by atoms with Crippen LogP contribution in [-0.4, -0.2) is 23.0 Å². The average Bonchev–Trinajstić information content (AvgIpc) is 2.05. The van der Waals surface area contributed by atoms with Crippen molar-refractivity contribution in [2.75, 3.05) is 6.54 Å². The molecule has 0 aromatic heterocycles. The summed E-state index contributed by atoms with van der Waals surface area (Å²) in [5, 5.41) is 16.8. The average molecular weight is 162 g/mol. The first kappa shape index (κ1) is 10.8. The van der Waals surface area contributed by atoms with Gasteiger partial charge >= 0.3 is 0 Å². The molecule has 4 heteroatoms. The van der Waals surface area contributed by atoms with Crippen LogP contribution < -0.4 is 11.0 Å². The highest BCUT2D eigenvalue weighted by atomic mass is 16.5. The molecule has 0 radical (unpaired) electrons. The van der Waals surface area contributed by atoms with Gasteiger partial charge in [-0.05, 0) is 19.3 Å². The van der Waals surface area contributed by atoms with E-state index in [1.165, 1.54) is 0 Å². The van der Waals surface area contributed by atoms with E-state index in [1.807, 2.05) is 6.92 Å². The van der Waals surface area contributed by atoms with Gasteiger partial charge in [0.05, 0.1) is 0 Å². The Morgan fingerprint density at radius 1 is 1.27 bits per heavy atom. The molecule has 0 aliphatic carbocycles. The van der Waals surface area contributed by atoms with Gasteiger partial charge in [-0.25, -0.2) is 11.0 Å². The molecule has 0 aromatic rings. The molecule has 0 fully saturated rings. The Balaban J connectivity index is 3.07. The molecule has 4 N–H and O–H groups in total. The van der Waals surface area contributed by atoms with Crippen molar-refractivity contribution in [3.8, 4) is 0 Å². The van der Waals surface area contributed by atoms with Gasteiger partial charge in [0.25, 0.3) is 0 Å². The van der Waals surface area contributed by atoms with Gasteiger partial charge in [-0.1, -0.05) is 13.3 Å². The van der Waals surface area contributed by atoms with E-state index in [0.717, 1.165) is 25.7 Å². The minimum atomic E-state index is 0.202. The van der Waals surface area contributed by atoms with Gasteiger partial charge in [0, 0.05) is 12.6 Å². The third-order valence-electron chi connectivity index (χ3n) is 1.77. The van der Waals surface area contributed by atoms with Crippen molar-refractivity contribution < 1.29 is 10.4 Å². The summed E-state index contributed by atoms with van der Waals surface area (Å²) in [6, 6.07) is 0.202. The van der Waals surface area contributed by atoms with Crippen molar-refractivity contribution in [1.29, 1.82) is 0 Å². The number of rotatable bonds is 7. The van der Waals surface area contributed by atoms with Gasteiger partial charge in [0.15, 0.2) is 0 Å². The van der Waals surface area contributed by atoms with E-state index in [4.69, 9.17) is 10.4 Å². The summed E-state index contributed by atoms with van der Waals surface area (Å²) in [4.78, 5) is 0. The van der Waals surface area contributed by atoms with E-state index in [0.29, 0.717) is 6.54 Å². The third kappa shape index (κ3) is 6.25. The quantitative estimate of drug-likeness (QED) is 0.331. The van der Waals surface area contributed by atoms with Gasteiger partial charge in [-0.3, -0.25) is 0 Å². The Kier molecular flexibility index (Phi) is 7.83. The van der Waals surface area contributed by atoms with Crippen molar-refractivity contribution in [1.82, 2.24) is 11.0 Å². The van der Waals surface area contributed by atoms with Crippen LogP contribution in [0.15, 0.2) is 0 Å². The van der Waals surface area contributed by atoms with Gasteiger partial charge in [0.2, 0.25) is 0 Å². The van der Waals surface area contributed by atoms with E-state index in [2.05, 4.69) is 11.0 Å². The number of nitrogens with one attached hydrogen (secondary N) is 2. The zero-order chi connectivity index (χ0) is 8.53. The standard InChI is InChI=1S/C7H18N2O2/c1-2-7(9-11)5-3-4-6-8-10/h7-11H,2-6H2,1H3. The summed E-state index contributed by atoms with van der Waals surface area (Å²) in [6.45, 7) is 2.65. The van der Waals surface area contributed by atoms with E-state index < -0.39 is 0 Å². The second kappa shape index (κ2) is 7.94. The van der Waals surface area contributed by atoms with Crippen LogP contribution in [0.5, 0.6) is 0 Å². The summed E-state index contributed by atoms with van der Waals surface area (Å²) in [6.07, 6.45) is 3.84. The second-order valence-electron chi connectivity index (χ2n) is 2.64. The summed E-state index contributed by atoms with van der Waals surface area (Å²) in [5.74, 6) is 0. The Bertz CT molecular complexity index is 76.8. The van der Waals surface area contributed by atoms with Crippen LogP contribution in [0.1, 0.15) is 32.6 Å². The minimum absolute atomic E-state index is 0.202. The normalized spacial score (nSPS) is 13.4. The van der Waals surface area contributed by atoms with Crippen LogP contribution in [0.2, 0.25) is 0 Å². The second-order valence-corrected chi connectivity index (χ2v) is 2.64. The van der Waals surface area contributed by atoms with Crippen molar-refractivity contribution in [3.05, 3.63) is 0 Å². The molecule has 1 unspecified atom stereocenters. The van der Waals surface area contributed by atoms with Crippen LogP contribution in [0.3, 0.4) is 0 Å². The predicted octanol–water partition coefficient (Wildman–Crippen LogP) is 0.893. The minimum Gasteiger partial charge on any atom is -0.317 e. The molecule has 68 valence electrons. The molecular weight excluding hydrogens is 144 g/mol. The van der Waals surface area contributed by atoms with Crippen LogP contribution >= 0.6 is 0 Å².